The van der Waals surface area contributed by atoms with Gasteiger partial charge in [0, 0.05) is 18.4 Å². The van der Waals surface area contributed by atoms with E-state index in [1.165, 1.54) is 0 Å². The summed E-state index contributed by atoms with van der Waals surface area (Å²) in [4.78, 5) is 8.82. The first kappa shape index (κ1) is 11.7. The number of aryl methyl sites for hydroxylation is 4. The van der Waals surface area contributed by atoms with Crippen LogP contribution in [-0.4, -0.2) is 24.3 Å². The van der Waals surface area contributed by atoms with Gasteiger partial charge in [-0.15, -0.1) is 0 Å². The number of aromatic nitrogens is 5. The van der Waals surface area contributed by atoms with Crippen molar-refractivity contribution >= 4 is 17.1 Å². The normalized spacial score (nSPS) is 11.3. The Labute approximate surface area is 110 Å². The highest BCUT2D eigenvalue weighted by Crippen LogP contribution is 2.16. The molecule has 0 fully saturated rings. The van der Waals surface area contributed by atoms with Crippen LogP contribution in [0.15, 0.2) is 24.5 Å². The van der Waals surface area contributed by atoms with Crippen LogP contribution in [0.4, 0.5) is 5.95 Å². The van der Waals surface area contributed by atoms with E-state index in [1.54, 1.807) is 0 Å². The molecule has 0 atom stereocenters. The largest absolute Gasteiger partial charge is 0.369 e. The lowest BCUT2D eigenvalue weighted by atomic mass is 10.3. The van der Waals surface area contributed by atoms with E-state index in [-0.39, 0.29) is 0 Å². The molecule has 0 aromatic carbocycles. The van der Waals surface area contributed by atoms with Gasteiger partial charge in [-0.1, -0.05) is 0 Å². The average molecular weight is 256 g/mol. The summed E-state index contributed by atoms with van der Waals surface area (Å²) in [6, 6.07) is 3.89. The molecule has 19 heavy (non-hydrogen) atoms. The highest BCUT2D eigenvalue weighted by Gasteiger charge is 2.09. The SMILES string of the molecule is Cc1cnn(CCn2c(N)nc3ccc(C)nc32)c1. The Morgan fingerprint density at radius 1 is 1.16 bits per heavy atom. The minimum atomic E-state index is 0.497. The van der Waals surface area contributed by atoms with E-state index >= 15 is 0 Å². The van der Waals surface area contributed by atoms with Gasteiger partial charge in [0.05, 0.1) is 12.7 Å². The first-order valence-corrected chi connectivity index (χ1v) is 6.22. The van der Waals surface area contributed by atoms with Gasteiger partial charge in [0.2, 0.25) is 5.95 Å². The van der Waals surface area contributed by atoms with Gasteiger partial charge in [0.15, 0.2) is 5.65 Å². The second-order valence-electron chi connectivity index (χ2n) is 4.70. The third-order valence-corrected chi connectivity index (χ3v) is 3.08. The van der Waals surface area contributed by atoms with Crippen molar-refractivity contribution in [3.05, 3.63) is 35.8 Å². The maximum absolute atomic E-state index is 5.95. The van der Waals surface area contributed by atoms with Crippen molar-refractivity contribution in [2.45, 2.75) is 26.9 Å². The van der Waals surface area contributed by atoms with Crippen LogP contribution in [0.25, 0.3) is 11.2 Å². The lowest BCUT2D eigenvalue weighted by molar-refractivity contribution is 0.542. The molecule has 2 N–H and O–H groups in total. The molecule has 0 unspecified atom stereocenters. The van der Waals surface area contributed by atoms with Crippen molar-refractivity contribution in [2.75, 3.05) is 5.73 Å². The maximum atomic E-state index is 5.95. The fourth-order valence-corrected chi connectivity index (χ4v) is 2.13. The predicted molar refractivity (Wildman–Crippen MR) is 73.6 cm³/mol. The highest BCUT2D eigenvalue weighted by atomic mass is 15.3. The molecule has 0 amide bonds. The second-order valence-corrected chi connectivity index (χ2v) is 4.70. The van der Waals surface area contributed by atoms with Crippen LogP contribution >= 0.6 is 0 Å². The number of pyridine rings is 1. The molecule has 0 saturated heterocycles. The molecule has 3 heterocycles. The average Bonchev–Trinajstić information content (AvgIpc) is 2.90. The molecule has 0 saturated carbocycles. The molecule has 6 nitrogen and oxygen atoms in total. The lowest BCUT2D eigenvalue weighted by Crippen LogP contribution is -2.10. The summed E-state index contributed by atoms with van der Waals surface area (Å²) >= 11 is 0. The van der Waals surface area contributed by atoms with E-state index in [0.29, 0.717) is 12.5 Å². The molecule has 0 aliphatic carbocycles. The summed E-state index contributed by atoms with van der Waals surface area (Å²) in [6.07, 6.45) is 3.85. The van der Waals surface area contributed by atoms with Crippen LogP contribution in [-0.2, 0) is 13.1 Å². The summed E-state index contributed by atoms with van der Waals surface area (Å²) in [5.41, 5.74) is 9.73. The molecule has 0 radical (unpaired) electrons. The summed E-state index contributed by atoms with van der Waals surface area (Å²) < 4.78 is 3.83. The third-order valence-electron chi connectivity index (χ3n) is 3.08. The number of nitrogen functional groups attached to an aromatic ring is 1. The van der Waals surface area contributed by atoms with Crippen LogP contribution in [0.2, 0.25) is 0 Å². The van der Waals surface area contributed by atoms with Crippen molar-refractivity contribution < 1.29 is 0 Å². The van der Waals surface area contributed by atoms with Crippen molar-refractivity contribution in [3.63, 3.8) is 0 Å². The third kappa shape index (κ3) is 2.16. The molecule has 0 spiro atoms. The number of imidazole rings is 1. The van der Waals surface area contributed by atoms with E-state index in [9.17, 15) is 0 Å². The van der Waals surface area contributed by atoms with Gasteiger partial charge >= 0.3 is 0 Å². The van der Waals surface area contributed by atoms with Crippen LogP contribution in [0.5, 0.6) is 0 Å². The number of hydrogen-bond acceptors (Lipinski definition) is 4. The zero-order valence-corrected chi connectivity index (χ0v) is 11.0. The fraction of sp³-hybridized carbons (Fsp3) is 0.308. The molecule has 0 aliphatic heterocycles. The minimum absolute atomic E-state index is 0.497. The van der Waals surface area contributed by atoms with Gasteiger partial charge in [-0.2, -0.15) is 5.10 Å². The number of anilines is 1. The molecule has 98 valence electrons. The second kappa shape index (κ2) is 4.38. The monoisotopic (exact) mass is 256 g/mol. The van der Waals surface area contributed by atoms with Gasteiger partial charge < -0.3 is 5.73 Å². The van der Waals surface area contributed by atoms with Crippen LogP contribution in [0.3, 0.4) is 0 Å². The number of nitrogens with two attached hydrogens (primary N) is 1. The van der Waals surface area contributed by atoms with Gasteiger partial charge in [-0.25, -0.2) is 9.97 Å². The Bertz CT molecular complexity index is 724. The zero-order valence-electron chi connectivity index (χ0n) is 11.0. The van der Waals surface area contributed by atoms with Gasteiger partial charge in [0.1, 0.15) is 5.52 Å². The Morgan fingerprint density at radius 3 is 2.74 bits per heavy atom. The fourth-order valence-electron chi connectivity index (χ4n) is 2.13. The van der Waals surface area contributed by atoms with E-state index in [2.05, 4.69) is 15.1 Å². The zero-order chi connectivity index (χ0) is 13.4. The molecule has 6 heteroatoms. The molecular weight excluding hydrogens is 240 g/mol. The quantitative estimate of drug-likeness (QED) is 0.771. The smallest absolute Gasteiger partial charge is 0.202 e. The summed E-state index contributed by atoms with van der Waals surface area (Å²) in [5, 5.41) is 4.26. The molecule has 0 aliphatic rings. The van der Waals surface area contributed by atoms with Crippen LogP contribution in [0.1, 0.15) is 11.3 Å². The Kier molecular flexibility index (Phi) is 2.70. The summed E-state index contributed by atoms with van der Waals surface area (Å²) in [5.74, 6) is 0.497. The summed E-state index contributed by atoms with van der Waals surface area (Å²) in [7, 11) is 0. The van der Waals surface area contributed by atoms with E-state index < -0.39 is 0 Å². The first-order chi connectivity index (χ1) is 9.13. The van der Waals surface area contributed by atoms with Crippen LogP contribution in [0, 0.1) is 13.8 Å². The Balaban J connectivity index is 1.91. The van der Waals surface area contributed by atoms with E-state index in [4.69, 9.17) is 5.73 Å². The first-order valence-electron chi connectivity index (χ1n) is 6.22. The van der Waals surface area contributed by atoms with Crippen molar-refractivity contribution in [3.8, 4) is 0 Å². The molecule has 3 aromatic rings. The lowest BCUT2D eigenvalue weighted by Gasteiger charge is -2.06. The van der Waals surface area contributed by atoms with Gasteiger partial charge in [-0.05, 0) is 31.5 Å². The van der Waals surface area contributed by atoms with E-state index in [1.807, 2.05) is 47.6 Å². The molecule has 3 aromatic heterocycles. The molecular formula is C13H16N6. The minimum Gasteiger partial charge on any atom is -0.369 e. The number of nitrogens with zero attached hydrogens (tertiary/aromatic N) is 5. The number of rotatable bonds is 3. The van der Waals surface area contributed by atoms with Crippen molar-refractivity contribution in [2.24, 2.45) is 0 Å². The molecule has 0 bridgehead atoms. The van der Waals surface area contributed by atoms with Crippen molar-refractivity contribution in [1.82, 2.24) is 24.3 Å². The molecule has 3 rings (SSSR count). The number of hydrogen-bond donors (Lipinski definition) is 1. The number of fused-ring (bicyclic) bond motifs is 1. The summed E-state index contributed by atoms with van der Waals surface area (Å²) in [6.45, 7) is 5.44. The standard InChI is InChI=1S/C13H16N6/c1-9-7-15-18(8-9)5-6-19-12-11(17-13(19)14)4-3-10(2)16-12/h3-4,7-8H,5-6H2,1-2H3,(H2,14,17). The predicted octanol–water partition coefficient (Wildman–Crippen LogP) is 1.53. The Morgan fingerprint density at radius 2 is 2.00 bits per heavy atom. The van der Waals surface area contributed by atoms with Crippen LogP contribution < -0.4 is 5.73 Å². The van der Waals surface area contributed by atoms with Gasteiger partial charge in [-0.3, -0.25) is 9.25 Å². The Hall–Kier alpha value is -2.37. The van der Waals surface area contributed by atoms with Crippen molar-refractivity contribution in [1.29, 1.82) is 0 Å². The maximum Gasteiger partial charge on any atom is 0.202 e. The highest BCUT2D eigenvalue weighted by molar-refractivity contribution is 5.74. The van der Waals surface area contributed by atoms with Gasteiger partial charge in [0.25, 0.3) is 0 Å². The van der Waals surface area contributed by atoms with E-state index in [0.717, 1.165) is 29.0 Å². The topological polar surface area (TPSA) is 74.5 Å².